The third-order valence-electron chi connectivity index (χ3n) is 3.84. The molecule has 1 aromatic carbocycles. The molecule has 2 atom stereocenters. The number of hydrogen-bond acceptors (Lipinski definition) is 7. The number of carbonyl (C=O) groups is 2. The van der Waals surface area contributed by atoms with Gasteiger partial charge in [0.05, 0.1) is 23.3 Å². The second-order valence-electron chi connectivity index (χ2n) is 6.37. The summed E-state index contributed by atoms with van der Waals surface area (Å²) in [6.07, 6.45) is -1.30. The number of nitrogens with zero attached hydrogens (tertiary/aromatic N) is 2. The second-order valence-corrected chi connectivity index (χ2v) is 6.37. The number of hydrogen-bond donors (Lipinski definition) is 0. The maximum absolute atomic E-state index is 12.7. The Hall–Kier alpha value is -2.68. The number of anilines is 1. The Bertz CT molecular complexity index is 704. The van der Waals surface area contributed by atoms with E-state index in [4.69, 9.17) is 14.2 Å². The van der Waals surface area contributed by atoms with Crippen LogP contribution in [0.1, 0.15) is 20.8 Å². The Morgan fingerprint density at radius 2 is 2.08 bits per heavy atom. The van der Waals surface area contributed by atoms with Crippen molar-refractivity contribution in [2.45, 2.75) is 33.0 Å². The summed E-state index contributed by atoms with van der Waals surface area (Å²) in [6, 6.07) is 3.91. The van der Waals surface area contributed by atoms with Crippen molar-refractivity contribution >= 4 is 23.3 Å². The fourth-order valence-corrected chi connectivity index (χ4v) is 2.64. The summed E-state index contributed by atoms with van der Waals surface area (Å²) >= 11 is 0. The first-order valence-electron chi connectivity index (χ1n) is 8.19. The zero-order chi connectivity index (χ0) is 19.4. The topological polar surface area (TPSA) is 108 Å². The van der Waals surface area contributed by atoms with E-state index in [1.807, 2.05) is 0 Å². The van der Waals surface area contributed by atoms with E-state index in [9.17, 15) is 19.7 Å². The fourth-order valence-electron chi connectivity index (χ4n) is 2.64. The van der Waals surface area contributed by atoms with Crippen LogP contribution in [0, 0.1) is 16.0 Å². The monoisotopic (exact) mass is 366 g/mol. The largest absolute Gasteiger partial charge is 0.478 e. The summed E-state index contributed by atoms with van der Waals surface area (Å²) < 4.78 is 15.8. The Morgan fingerprint density at radius 3 is 2.65 bits per heavy atom. The number of rotatable bonds is 7. The van der Waals surface area contributed by atoms with Gasteiger partial charge in [0, 0.05) is 13.2 Å². The summed E-state index contributed by atoms with van der Waals surface area (Å²) in [5.74, 6) is -0.981. The van der Waals surface area contributed by atoms with Gasteiger partial charge in [0.1, 0.15) is 12.6 Å². The van der Waals surface area contributed by atoms with Gasteiger partial charge in [0.15, 0.2) is 11.9 Å². The first kappa shape index (κ1) is 19.6. The van der Waals surface area contributed by atoms with Gasteiger partial charge in [-0.25, -0.2) is 0 Å². The van der Waals surface area contributed by atoms with Gasteiger partial charge in [-0.05, 0) is 18.9 Å². The summed E-state index contributed by atoms with van der Waals surface area (Å²) in [6.45, 7) is 5.19. The number of carbonyl (C=O) groups excluding carboxylic acids is 2. The van der Waals surface area contributed by atoms with Gasteiger partial charge in [0.25, 0.3) is 11.6 Å². The average Bonchev–Trinajstić information content (AvgIpc) is 2.56. The molecular weight excluding hydrogens is 344 g/mol. The number of fused-ring (bicyclic) bond motifs is 1. The lowest BCUT2D eigenvalue weighted by Crippen LogP contribution is -2.50. The summed E-state index contributed by atoms with van der Waals surface area (Å²) in [5.41, 5.74) is 0.144. The second kappa shape index (κ2) is 8.13. The molecule has 1 aliphatic rings. The number of esters is 1. The van der Waals surface area contributed by atoms with Crippen molar-refractivity contribution in [3.63, 3.8) is 0 Å². The minimum atomic E-state index is -0.839. The molecule has 0 aliphatic carbocycles. The number of non-ortho nitro benzene ring substituents is 1. The quantitative estimate of drug-likeness (QED) is 0.412. The van der Waals surface area contributed by atoms with Crippen LogP contribution in [0.25, 0.3) is 0 Å². The highest BCUT2D eigenvalue weighted by atomic mass is 16.6. The molecule has 2 unspecified atom stereocenters. The van der Waals surface area contributed by atoms with Crippen molar-refractivity contribution in [2.24, 2.45) is 5.92 Å². The van der Waals surface area contributed by atoms with Crippen LogP contribution in [0.2, 0.25) is 0 Å². The van der Waals surface area contributed by atoms with Gasteiger partial charge in [-0.2, -0.15) is 0 Å². The van der Waals surface area contributed by atoms with Crippen molar-refractivity contribution in [1.29, 1.82) is 0 Å². The summed E-state index contributed by atoms with van der Waals surface area (Å²) in [5, 5.41) is 11.0. The maximum Gasteiger partial charge on any atom is 0.326 e. The average molecular weight is 366 g/mol. The lowest BCUT2D eigenvalue weighted by atomic mass is 10.0. The number of amides is 1. The van der Waals surface area contributed by atoms with Gasteiger partial charge in [-0.15, -0.1) is 0 Å². The van der Waals surface area contributed by atoms with E-state index in [0.29, 0.717) is 5.69 Å². The van der Waals surface area contributed by atoms with Gasteiger partial charge >= 0.3 is 5.97 Å². The molecule has 0 bridgehead atoms. The molecule has 0 saturated carbocycles. The van der Waals surface area contributed by atoms with E-state index in [1.54, 1.807) is 20.8 Å². The van der Waals surface area contributed by atoms with Crippen LogP contribution < -0.4 is 9.64 Å². The molecule has 26 heavy (non-hydrogen) atoms. The third-order valence-corrected chi connectivity index (χ3v) is 3.84. The van der Waals surface area contributed by atoms with Crippen LogP contribution in [0.15, 0.2) is 18.2 Å². The lowest BCUT2D eigenvalue weighted by molar-refractivity contribution is -0.384. The first-order chi connectivity index (χ1) is 12.2. The highest BCUT2D eigenvalue weighted by Crippen LogP contribution is 2.38. The van der Waals surface area contributed by atoms with Crippen molar-refractivity contribution in [2.75, 3.05) is 25.2 Å². The summed E-state index contributed by atoms with van der Waals surface area (Å²) in [4.78, 5) is 36.6. The number of benzene rings is 1. The molecule has 1 aromatic rings. The van der Waals surface area contributed by atoms with Crippen molar-refractivity contribution in [1.82, 2.24) is 0 Å². The molecule has 0 N–H and O–H groups in total. The Kier molecular flexibility index (Phi) is 6.14. The van der Waals surface area contributed by atoms with Gasteiger partial charge < -0.3 is 14.2 Å². The van der Waals surface area contributed by atoms with Crippen LogP contribution in [-0.4, -0.2) is 49.3 Å². The fraction of sp³-hybridized carbons (Fsp3) is 0.529. The van der Waals surface area contributed by atoms with E-state index >= 15 is 0 Å². The molecule has 0 fully saturated rings. The van der Waals surface area contributed by atoms with Gasteiger partial charge in [0.2, 0.25) is 0 Å². The number of methoxy groups -OCH3 is 1. The highest BCUT2D eigenvalue weighted by Gasteiger charge is 2.38. The normalized spacial score (nSPS) is 17.5. The van der Waals surface area contributed by atoms with Crippen LogP contribution >= 0.6 is 0 Å². The molecule has 2 rings (SSSR count). The molecule has 0 aromatic heterocycles. The molecule has 0 spiro atoms. The molecule has 1 heterocycles. The van der Waals surface area contributed by atoms with E-state index < -0.39 is 29.0 Å². The minimum absolute atomic E-state index is 0.156. The van der Waals surface area contributed by atoms with Crippen LogP contribution in [0.5, 0.6) is 5.75 Å². The van der Waals surface area contributed by atoms with E-state index in [0.717, 1.165) is 0 Å². The van der Waals surface area contributed by atoms with E-state index in [2.05, 4.69) is 0 Å². The molecular formula is C17H22N2O7. The molecule has 1 amide bonds. The predicted octanol–water partition coefficient (Wildman–Crippen LogP) is 1.92. The SMILES string of the molecule is COCC(C)OC(=O)CN1C(=O)C(C(C)C)Oc2cc([N+](=O)[O-])ccc21. The molecule has 0 radical (unpaired) electrons. The molecule has 9 nitrogen and oxygen atoms in total. The summed E-state index contributed by atoms with van der Waals surface area (Å²) in [7, 11) is 1.49. The van der Waals surface area contributed by atoms with Crippen LogP contribution in [0.3, 0.4) is 0 Å². The van der Waals surface area contributed by atoms with E-state index in [-0.39, 0.29) is 30.5 Å². The van der Waals surface area contributed by atoms with Crippen molar-refractivity contribution < 1.29 is 28.7 Å². The Morgan fingerprint density at radius 1 is 1.38 bits per heavy atom. The maximum atomic E-state index is 12.7. The first-order valence-corrected chi connectivity index (χ1v) is 8.19. The van der Waals surface area contributed by atoms with E-state index in [1.165, 1.54) is 30.2 Å². The minimum Gasteiger partial charge on any atom is -0.478 e. The van der Waals surface area contributed by atoms with Crippen molar-refractivity contribution in [3.8, 4) is 5.75 Å². The molecule has 142 valence electrons. The Balaban J connectivity index is 2.30. The van der Waals surface area contributed by atoms with Gasteiger partial charge in [-0.3, -0.25) is 24.6 Å². The predicted molar refractivity (Wildman–Crippen MR) is 92.1 cm³/mol. The lowest BCUT2D eigenvalue weighted by Gasteiger charge is -2.35. The number of nitro benzene ring substituents is 1. The molecule has 0 saturated heterocycles. The smallest absolute Gasteiger partial charge is 0.326 e. The standard InChI is InChI=1S/C17H22N2O7/c1-10(2)16-17(21)18(8-15(20)25-11(3)9-24-4)13-6-5-12(19(22)23)7-14(13)26-16/h5-7,10-11,16H,8-9H2,1-4H3. The van der Waals surface area contributed by atoms with Crippen LogP contribution in [-0.2, 0) is 19.1 Å². The van der Waals surface area contributed by atoms with Crippen LogP contribution in [0.4, 0.5) is 11.4 Å². The zero-order valence-electron chi connectivity index (χ0n) is 15.1. The zero-order valence-corrected chi connectivity index (χ0v) is 15.1. The Labute approximate surface area is 151 Å². The molecule has 1 aliphatic heterocycles. The highest BCUT2D eigenvalue weighted by molar-refractivity contribution is 6.03. The number of nitro groups is 1. The molecule has 9 heteroatoms. The number of ether oxygens (including phenoxy) is 3. The third kappa shape index (κ3) is 4.29. The van der Waals surface area contributed by atoms with Gasteiger partial charge in [-0.1, -0.05) is 13.8 Å². The van der Waals surface area contributed by atoms with Crippen molar-refractivity contribution in [3.05, 3.63) is 28.3 Å².